The van der Waals surface area contributed by atoms with E-state index in [-0.39, 0.29) is 24.7 Å². The van der Waals surface area contributed by atoms with E-state index in [9.17, 15) is 14.7 Å². The molecular formula is C17H22N2O4. The van der Waals surface area contributed by atoms with Crippen LogP contribution < -0.4 is 5.32 Å². The van der Waals surface area contributed by atoms with Gasteiger partial charge in [0.15, 0.2) is 0 Å². The first-order chi connectivity index (χ1) is 11.0. The number of likely N-dealkylation sites (tertiary alicyclic amines) is 1. The van der Waals surface area contributed by atoms with Crippen LogP contribution in [0.2, 0.25) is 0 Å². The molecule has 0 saturated carbocycles. The minimum absolute atomic E-state index is 0.0819. The van der Waals surface area contributed by atoms with Crippen LogP contribution in [-0.4, -0.2) is 47.7 Å². The maximum Gasteiger partial charge on any atom is 0.317 e. The van der Waals surface area contributed by atoms with Crippen molar-refractivity contribution in [2.24, 2.45) is 5.41 Å². The first-order valence-corrected chi connectivity index (χ1v) is 7.95. The first kappa shape index (κ1) is 15.8. The van der Waals surface area contributed by atoms with E-state index in [2.05, 4.69) is 5.32 Å². The molecule has 6 heteroatoms. The molecule has 23 heavy (non-hydrogen) atoms. The van der Waals surface area contributed by atoms with Crippen LogP contribution in [0.15, 0.2) is 30.3 Å². The van der Waals surface area contributed by atoms with Crippen LogP contribution in [0.4, 0.5) is 4.79 Å². The highest BCUT2D eigenvalue weighted by molar-refractivity contribution is 5.79. The highest BCUT2D eigenvalue weighted by Gasteiger charge is 2.43. The molecule has 0 spiro atoms. The number of amides is 2. The molecule has 3 atom stereocenters. The Kier molecular flexibility index (Phi) is 4.26. The molecule has 1 aromatic rings. The zero-order chi connectivity index (χ0) is 16.4. The van der Waals surface area contributed by atoms with Gasteiger partial charge in [-0.25, -0.2) is 4.79 Å². The molecule has 124 valence electrons. The number of carbonyl (C=O) groups is 2. The predicted octanol–water partition coefficient (Wildman–Crippen LogP) is 2.02. The molecule has 2 saturated heterocycles. The molecule has 2 amide bonds. The number of aliphatic carboxylic acids is 1. The summed E-state index contributed by atoms with van der Waals surface area (Å²) in [7, 11) is 0. The normalized spacial score (nSPS) is 30.4. The van der Waals surface area contributed by atoms with Crippen LogP contribution in [0, 0.1) is 5.41 Å². The van der Waals surface area contributed by atoms with Crippen molar-refractivity contribution in [2.45, 2.75) is 31.9 Å². The second-order valence-electron chi connectivity index (χ2n) is 6.58. The average Bonchev–Trinajstić information content (AvgIpc) is 3.16. The van der Waals surface area contributed by atoms with Gasteiger partial charge in [-0.05, 0) is 25.3 Å². The van der Waals surface area contributed by atoms with E-state index in [1.54, 1.807) is 11.8 Å². The Morgan fingerprint density at radius 1 is 1.35 bits per heavy atom. The summed E-state index contributed by atoms with van der Waals surface area (Å²) in [4.78, 5) is 25.3. The van der Waals surface area contributed by atoms with Crippen molar-refractivity contribution in [1.29, 1.82) is 0 Å². The number of hydrogen-bond donors (Lipinski definition) is 2. The number of nitrogens with one attached hydrogen (secondary N) is 1. The minimum atomic E-state index is -0.848. The van der Waals surface area contributed by atoms with E-state index in [1.807, 2.05) is 30.3 Å². The monoisotopic (exact) mass is 318 g/mol. The molecule has 2 aliphatic heterocycles. The van der Waals surface area contributed by atoms with Gasteiger partial charge < -0.3 is 20.1 Å². The number of ether oxygens (including phenoxy) is 1. The fourth-order valence-corrected chi connectivity index (χ4v) is 3.27. The third kappa shape index (κ3) is 3.17. The first-order valence-electron chi connectivity index (χ1n) is 7.95. The summed E-state index contributed by atoms with van der Waals surface area (Å²) < 4.78 is 5.77. The van der Waals surface area contributed by atoms with Crippen LogP contribution in [-0.2, 0) is 9.53 Å². The largest absolute Gasteiger partial charge is 0.481 e. The molecule has 2 fully saturated rings. The zero-order valence-corrected chi connectivity index (χ0v) is 13.2. The van der Waals surface area contributed by atoms with E-state index >= 15 is 0 Å². The number of carbonyl (C=O) groups excluding carboxylic acids is 1. The van der Waals surface area contributed by atoms with Crippen molar-refractivity contribution in [3.63, 3.8) is 0 Å². The van der Waals surface area contributed by atoms with Gasteiger partial charge in [0.05, 0.1) is 11.5 Å². The van der Waals surface area contributed by atoms with Gasteiger partial charge in [0, 0.05) is 19.7 Å². The number of benzene rings is 1. The average molecular weight is 318 g/mol. The highest BCUT2D eigenvalue weighted by Crippen LogP contribution is 2.32. The predicted molar refractivity (Wildman–Crippen MR) is 84.0 cm³/mol. The van der Waals surface area contributed by atoms with Crippen molar-refractivity contribution < 1.29 is 19.4 Å². The molecule has 3 rings (SSSR count). The van der Waals surface area contributed by atoms with E-state index in [0.29, 0.717) is 19.6 Å². The Labute approximate surface area is 135 Å². The van der Waals surface area contributed by atoms with Gasteiger partial charge in [0.2, 0.25) is 0 Å². The Morgan fingerprint density at radius 2 is 2.09 bits per heavy atom. The van der Waals surface area contributed by atoms with Crippen LogP contribution in [0.25, 0.3) is 0 Å². The lowest BCUT2D eigenvalue weighted by atomic mass is 9.90. The van der Waals surface area contributed by atoms with Gasteiger partial charge in [-0.3, -0.25) is 4.79 Å². The van der Waals surface area contributed by atoms with E-state index in [1.165, 1.54) is 0 Å². The molecule has 1 aromatic carbocycles. The molecule has 3 unspecified atom stereocenters. The quantitative estimate of drug-likeness (QED) is 0.894. The summed E-state index contributed by atoms with van der Waals surface area (Å²) >= 11 is 0. The summed E-state index contributed by atoms with van der Waals surface area (Å²) in [6, 6.07) is 9.55. The maximum atomic E-state index is 12.5. The number of carboxylic acid groups (broad SMARTS) is 1. The molecule has 2 aliphatic rings. The fourth-order valence-electron chi connectivity index (χ4n) is 3.27. The van der Waals surface area contributed by atoms with Gasteiger partial charge in [-0.15, -0.1) is 0 Å². The molecular weight excluding hydrogens is 296 g/mol. The number of rotatable bonds is 3. The fraction of sp³-hybridized carbons (Fsp3) is 0.529. The maximum absolute atomic E-state index is 12.5. The summed E-state index contributed by atoms with van der Waals surface area (Å²) in [5.41, 5.74) is 0.203. The van der Waals surface area contributed by atoms with E-state index < -0.39 is 11.4 Å². The summed E-state index contributed by atoms with van der Waals surface area (Å²) in [5.74, 6) is -0.848. The van der Waals surface area contributed by atoms with Gasteiger partial charge in [0.25, 0.3) is 0 Å². The summed E-state index contributed by atoms with van der Waals surface area (Å²) in [6.07, 6.45) is 1.10. The van der Waals surface area contributed by atoms with Gasteiger partial charge >= 0.3 is 12.0 Å². The third-order valence-electron chi connectivity index (χ3n) is 4.81. The topological polar surface area (TPSA) is 78.9 Å². The molecule has 0 aromatic heterocycles. The smallest absolute Gasteiger partial charge is 0.317 e. The Bertz CT molecular complexity index is 592. The lowest BCUT2D eigenvalue weighted by Gasteiger charge is -2.25. The molecule has 2 heterocycles. The molecule has 0 radical (unpaired) electrons. The van der Waals surface area contributed by atoms with Crippen LogP contribution in [0.5, 0.6) is 0 Å². The molecule has 0 aliphatic carbocycles. The lowest BCUT2D eigenvalue weighted by Crippen LogP contribution is -2.46. The number of urea groups is 1. The standard InChI is InChI=1S/C17H22N2O4/c1-17(15(20)21)8-9-19(11-17)16(22)18-13-7-10-23-14(13)12-5-3-2-4-6-12/h2-6,13-14H,7-11H2,1H3,(H,18,22)(H,20,21). The van der Waals surface area contributed by atoms with Gasteiger partial charge in [-0.1, -0.05) is 30.3 Å². The van der Waals surface area contributed by atoms with Crippen molar-refractivity contribution in [2.75, 3.05) is 19.7 Å². The van der Waals surface area contributed by atoms with Crippen LogP contribution in [0.3, 0.4) is 0 Å². The molecule has 6 nitrogen and oxygen atoms in total. The minimum Gasteiger partial charge on any atom is -0.481 e. The number of nitrogens with zero attached hydrogens (tertiary/aromatic N) is 1. The second-order valence-corrected chi connectivity index (χ2v) is 6.58. The number of hydrogen-bond acceptors (Lipinski definition) is 3. The number of carboxylic acids is 1. The summed E-state index contributed by atoms with van der Waals surface area (Å²) in [6.45, 7) is 3.02. The highest BCUT2D eigenvalue weighted by atomic mass is 16.5. The van der Waals surface area contributed by atoms with Crippen molar-refractivity contribution in [3.8, 4) is 0 Å². The molecule has 2 N–H and O–H groups in total. The van der Waals surface area contributed by atoms with E-state index in [4.69, 9.17) is 4.74 Å². The second kappa shape index (κ2) is 6.20. The van der Waals surface area contributed by atoms with Gasteiger partial charge in [-0.2, -0.15) is 0 Å². The van der Waals surface area contributed by atoms with E-state index in [0.717, 1.165) is 12.0 Å². The van der Waals surface area contributed by atoms with Crippen molar-refractivity contribution in [1.82, 2.24) is 10.2 Å². The Morgan fingerprint density at radius 3 is 2.74 bits per heavy atom. The van der Waals surface area contributed by atoms with Crippen molar-refractivity contribution in [3.05, 3.63) is 35.9 Å². The summed E-state index contributed by atoms with van der Waals surface area (Å²) in [5, 5.41) is 12.3. The van der Waals surface area contributed by atoms with Crippen LogP contribution in [0.1, 0.15) is 31.4 Å². The Balaban J connectivity index is 1.63. The van der Waals surface area contributed by atoms with Gasteiger partial charge in [0.1, 0.15) is 6.10 Å². The third-order valence-corrected chi connectivity index (χ3v) is 4.81. The lowest BCUT2D eigenvalue weighted by molar-refractivity contribution is -0.147. The SMILES string of the molecule is CC1(C(=O)O)CCN(C(=O)NC2CCOC2c2ccccc2)C1. The Hall–Kier alpha value is -2.08. The van der Waals surface area contributed by atoms with Crippen molar-refractivity contribution >= 4 is 12.0 Å². The molecule has 0 bridgehead atoms. The zero-order valence-electron chi connectivity index (χ0n) is 13.2. The van der Waals surface area contributed by atoms with Crippen LogP contribution >= 0.6 is 0 Å².